The summed E-state index contributed by atoms with van der Waals surface area (Å²) in [6.07, 6.45) is 4.59. The highest BCUT2D eigenvalue weighted by molar-refractivity contribution is 5.95. The maximum Gasteiger partial charge on any atom is 0.339 e. The highest BCUT2D eigenvalue weighted by Crippen LogP contribution is 2.18. The molecule has 2 aromatic heterocycles. The fourth-order valence-corrected chi connectivity index (χ4v) is 2.72. The van der Waals surface area contributed by atoms with Crippen molar-refractivity contribution in [2.45, 2.75) is 39.3 Å². The third kappa shape index (κ3) is 2.61. The first-order valence-electron chi connectivity index (χ1n) is 7.21. The molecule has 0 spiro atoms. The Kier molecular flexibility index (Phi) is 3.70. The van der Waals surface area contributed by atoms with Gasteiger partial charge in [-0.15, -0.1) is 0 Å². The van der Waals surface area contributed by atoms with E-state index in [9.17, 15) is 9.59 Å². The van der Waals surface area contributed by atoms with Gasteiger partial charge in [-0.05, 0) is 32.3 Å². The lowest BCUT2D eigenvalue weighted by molar-refractivity contribution is 0.0694. The highest BCUT2D eigenvalue weighted by atomic mass is 16.4. The van der Waals surface area contributed by atoms with E-state index in [1.54, 1.807) is 13.1 Å². The van der Waals surface area contributed by atoms with Gasteiger partial charge in [-0.1, -0.05) is 0 Å². The van der Waals surface area contributed by atoms with Gasteiger partial charge in [0.2, 0.25) is 0 Å². The van der Waals surface area contributed by atoms with Crippen LogP contribution in [-0.4, -0.2) is 26.8 Å². The van der Waals surface area contributed by atoms with Crippen LogP contribution >= 0.6 is 0 Å². The number of furan rings is 1. The van der Waals surface area contributed by atoms with Crippen LogP contribution in [0.2, 0.25) is 0 Å². The van der Waals surface area contributed by atoms with Crippen molar-refractivity contribution in [3.63, 3.8) is 0 Å². The fraction of sp³-hybridized carbons (Fsp3) is 0.400. The molecule has 22 heavy (non-hydrogen) atoms. The molecule has 116 valence electrons. The average Bonchev–Trinajstić information content (AvgIpc) is 3.08. The summed E-state index contributed by atoms with van der Waals surface area (Å²) < 4.78 is 7.21. The number of carboxylic acids is 1. The summed E-state index contributed by atoms with van der Waals surface area (Å²) in [6.45, 7) is 2.59. The fourth-order valence-electron chi connectivity index (χ4n) is 2.72. The molecular formula is C15H17N3O4. The van der Waals surface area contributed by atoms with Crippen LogP contribution < -0.4 is 5.32 Å². The molecule has 0 bridgehead atoms. The number of carbonyl (C=O) groups excluding carboxylic acids is 1. The second-order valence-corrected chi connectivity index (χ2v) is 5.36. The molecule has 0 atom stereocenters. The Morgan fingerprint density at radius 1 is 1.41 bits per heavy atom. The lowest BCUT2D eigenvalue weighted by atomic mass is 10.1. The lowest BCUT2D eigenvalue weighted by Crippen LogP contribution is -2.24. The number of fused-ring (bicyclic) bond motifs is 1. The molecule has 0 unspecified atom stereocenters. The van der Waals surface area contributed by atoms with Crippen LogP contribution in [0.4, 0.5) is 0 Å². The summed E-state index contributed by atoms with van der Waals surface area (Å²) in [6, 6.07) is 1.44. The SMILES string of the molecule is Cc1oc(CNC(=O)c2cnn3c2CCCC3)cc1C(=O)O. The van der Waals surface area contributed by atoms with Gasteiger partial charge >= 0.3 is 5.97 Å². The third-order valence-corrected chi connectivity index (χ3v) is 3.85. The predicted octanol–water partition coefficient (Wildman–Crippen LogP) is 1.75. The highest BCUT2D eigenvalue weighted by Gasteiger charge is 2.20. The van der Waals surface area contributed by atoms with E-state index < -0.39 is 5.97 Å². The molecule has 7 heteroatoms. The van der Waals surface area contributed by atoms with Gasteiger partial charge in [0.25, 0.3) is 5.91 Å². The molecule has 0 radical (unpaired) electrons. The molecule has 3 heterocycles. The Morgan fingerprint density at radius 3 is 2.95 bits per heavy atom. The number of aryl methyl sites for hydroxylation is 2. The largest absolute Gasteiger partial charge is 0.478 e. The molecule has 0 aromatic carbocycles. The summed E-state index contributed by atoms with van der Waals surface area (Å²) in [5.41, 5.74) is 1.67. The standard InChI is InChI=1S/C15H17N3O4/c1-9-11(15(20)21)6-10(22-9)7-16-14(19)12-8-17-18-5-3-2-4-13(12)18/h6,8H,2-5,7H2,1H3,(H,16,19)(H,20,21). The number of hydrogen-bond donors (Lipinski definition) is 2. The van der Waals surface area contributed by atoms with Crippen LogP contribution in [0.5, 0.6) is 0 Å². The van der Waals surface area contributed by atoms with Crippen LogP contribution in [0.25, 0.3) is 0 Å². The topological polar surface area (TPSA) is 97.4 Å². The normalized spacial score (nSPS) is 13.7. The molecule has 1 amide bonds. The molecule has 0 fully saturated rings. The van der Waals surface area contributed by atoms with E-state index in [2.05, 4.69) is 10.4 Å². The van der Waals surface area contributed by atoms with Crippen molar-refractivity contribution in [1.29, 1.82) is 0 Å². The van der Waals surface area contributed by atoms with Crippen molar-refractivity contribution in [3.8, 4) is 0 Å². The molecule has 1 aliphatic heterocycles. The van der Waals surface area contributed by atoms with Crippen LogP contribution in [0.1, 0.15) is 50.8 Å². The lowest BCUT2D eigenvalue weighted by Gasteiger charge is -2.14. The van der Waals surface area contributed by atoms with Crippen molar-refractivity contribution >= 4 is 11.9 Å². The van der Waals surface area contributed by atoms with Crippen molar-refractivity contribution in [1.82, 2.24) is 15.1 Å². The van der Waals surface area contributed by atoms with Gasteiger partial charge in [-0.2, -0.15) is 5.10 Å². The molecular weight excluding hydrogens is 286 g/mol. The van der Waals surface area contributed by atoms with E-state index in [1.807, 2.05) is 4.68 Å². The molecule has 0 saturated heterocycles. The summed E-state index contributed by atoms with van der Waals surface area (Å²) in [5.74, 6) is -0.498. The van der Waals surface area contributed by atoms with Crippen molar-refractivity contribution < 1.29 is 19.1 Å². The molecule has 0 saturated carbocycles. The Hall–Kier alpha value is -2.57. The zero-order valence-electron chi connectivity index (χ0n) is 12.3. The van der Waals surface area contributed by atoms with Crippen molar-refractivity contribution in [3.05, 3.63) is 40.6 Å². The Morgan fingerprint density at radius 2 is 2.23 bits per heavy atom. The molecule has 1 aliphatic rings. The number of nitrogens with zero attached hydrogens (tertiary/aromatic N) is 2. The Labute approximate surface area is 126 Å². The average molecular weight is 303 g/mol. The van der Waals surface area contributed by atoms with Gasteiger partial charge in [0, 0.05) is 6.54 Å². The number of rotatable bonds is 4. The van der Waals surface area contributed by atoms with E-state index in [1.165, 1.54) is 6.07 Å². The van der Waals surface area contributed by atoms with E-state index in [0.29, 0.717) is 17.1 Å². The Balaban J connectivity index is 1.69. The maximum atomic E-state index is 12.3. The smallest absolute Gasteiger partial charge is 0.339 e. The van der Waals surface area contributed by atoms with E-state index in [4.69, 9.17) is 9.52 Å². The molecule has 3 rings (SSSR count). The van der Waals surface area contributed by atoms with Crippen molar-refractivity contribution in [2.75, 3.05) is 0 Å². The van der Waals surface area contributed by atoms with Gasteiger partial charge in [0.1, 0.15) is 17.1 Å². The maximum absolute atomic E-state index is 12.3. The first-order chi connectivity index (χ1) is 10.6. The second kappa shape index (κ2) is 5.67. The molecule has 2 N–H and O–H groups in total. The minimum absolute atomic E-state index is 0.118. The van der Waals surface area contributed by atoms with Gasteiger partial charge in [-0.25, -0.2) is 4.79 Å². The zero-order chi connectivity index (χ0) is 15.7. The predicted molar refractivity (Wildman–Crippen MR) is 76.7 cm³/mol. The molecule has 2 aromatic rings. The third-order valence-electron chi connectivity index (χ3n) is 3.85. The minimum Gasteiger partial charge on any atom is -0.478 e. The number of aromatic nitrogens is 2. The van der Waals surface area contributed by atoms with Crippen molar-refractivity contribution in [2.24, 2.45) is 0 Å². The summed E-state index contributed by atoms with van der Waals surface area (Å²) >= 11 is 0. The number of carboxylic acid groups (broad SMARTS) is 1. The summed E-state index contributed by atoms with van der Waals surface area (Å²) in [7, 11) is 0. The number of aromatic carboxylic acids is 1. The van der Waals surface area contributed by atoms with Crippen LogP contribution in [0.3, 0.4) is 0 Å². The number of amides is 1. The first-order valence-corrected chi connectivity index (χ1v) is 7.21. The van der Waals surface area contributed by atoms with Gasteiger partial charge in [0.05, 0.1) is 24.0 Å². The Bertz CT molecular complexity index is 729. The first kappa shape index (κ1) is 14.4. The van der Waals surface area contributed by atoms with Crippen LogP contribution in [-0.2, 0) is 19.5 Å². The molecule has 7 nitrogen and oxygen atoms in total. The van der Waals surface area contributed by atoms with E-state index >= 15 is 0 Å². The number of carbonyl (C=O) groups is 2. The molecule has 0 aliphatic carbocycles. The monoisotopic (exact) mass is 303 g/mol. The summed E-state index contributed by atoms with van der Waals surface area (Å²) in [4.78, 5) is 23.2. The zero-order valence-corrected chi connectivity index (χ0v) is 12.3. The number of hydrogen-bond acceptors (Lipinski definition) is 4. The van der Waals surface area contributed by atoms with Gasteiger partial charge in [0.15, 0.2) is 0 Å². The minimum atomic E-state index is -1.04. The van der Waals surface area contributed by atoms with Crippen LogP contribution in [0.15, 0.2) is 16.7 Å². The van der Waals surface area contributed by atoms with E-state index in [0.717, 1.165) is 31.5 Å². The van der Waals surface area contributed by atoms with Crippen LogP contribution in [0, 0.1) is 6.92 Å². The quantitative estimate of drug-likeness (QED) is 0.896. The number of nitrogens with one attached hydrogen (secondary N) is 1. The summed E-state index contributed by atoms with van der Waals surface area (Å²) in [5, 5.41) is 16.0. The van der Waals surface area contributed by atoms with Gasteiger partial charge in [-0.3, -0.25) is 9.48 Å². The second-order valence-electron chi connectivity index (χ2n) is 5.36. The van der Waals surface area contributed by atoms with Gasteiger partial charge < -0.3 is 14.8 Å². The van der Waals surface area contributed by atoms with E-state index in [-0.39, 0.29) is 18.0 Å².